The van der Waals surface area contributed by atoms with Gasteiger partial charge < -0.3 is 5.73 Å². The molecule has 0 radical (unpaired) electrons. The number of halogens is 1. The van der Waals surface area contributed by atoms with Crippen LogP contribution in [0.5, 0.6) is 0 Å². The van der Waals surface area contributed by atoms with Gasteiger partial charge in [0.2, 0.25) is 0 Å². The van der Waals surface area contributed by atoms with Crippen molar-refractivity contribution in [3.05, 3.63) is 46.9 Å². The first-order chi connectivity index (χ1) is 8.69. The molecule has 0 aliphatic heterocycles. The van der Waals surface area contributed by atoms with Gasteiger partial charge in [-0.1, -0.05) is 27.7 Å². The molecule has 0 fully saturated rings. The van der Waals surface area contributed by atoms with Gasteiger partial charge in [-0.15, -0.1) is 0 Å². The van der Waals surface area contributed by atoms with Crippen LogP contribution >= 0.6 is 27.7 Å². The van der Waals surface area contributed by atoms with Crippen molar-refractivity contribution < 1.29 is 0 Å². The maximum atomic E-state index is 8.72. The van der Waals surface area contributed by atoms with Crippen molar-refractivity contribution in [3.8, 4) is 6.19 Å². The predicted molar refractivity (Wildman–Crippen MR) is 78.4 cm³/mol. The highest BCUT2D eigenvalue weighted by Gasteiger charge is 2.05. The predicted octanol–water partition coefficient (Wildman–Crippen LogP) is 4.08. The van der Waals surface area contributed by atoms with Crippen molar-refractivity contribution in [3.63, 3.8) is 0 Å². The lowest BCUT2D eigenvalue weighted by molar-refractivity contribution is 1.36. The minimum absolute atomic E-state index is 0.740. The van der Waals surface area contributed by atoms with Crippen LogP contribution < -0.4 is 11.1 Å². The van der Waals surface area contributed by atoms with Crippen LogP contribution in [0.3, 0.4) is 0 Å². The van der Waals surface area contributed by atoms with E-state index >= 15 is 0 Å². The molecule has 0 saturated heterocycles. The smallest absolute Gasteiger partial charge is 0.181 e. The van der Waals surface area contributed by atoms with E-state index in [0.717, 1.165) is 25.6 Å². The van der Waals surface area contributed by atoms with Gasteiger partial charge in [0.1, 0.15) is 0 Å². The average molecular weight is 320 g/mol. The van der Waals surface area contributed by atoms with Crippen LogP contribution in [0.2, 0.25) is 0 Å². The van der Waals surface area contributed by atoms with Crippen LogP contribution in [-0.4, -0.2) is 0 Å². The van der Waals surface area contributed by atoms with Crippen molar-refractivity contribution in [2.45, 2.75) is 9.79 Å². The number of nitrogen functional groups attached to an aromatic ring is 1. The summed E-state index contributed by atoms with van der Waals surface area (Å²) in [5, 5.41) is 11.4. The number of benzene rings is 2. The minimum atomic E-state index is 0.740. The van der Waals surface area contributed by atoms with Crippen molar-refractivity contribution in [1.82, 2.24) is 0 Å². The molecule has 0 atom stereocenters. The Hall–Kier alpha value is -1.64. The highest BCUT2D eigenvalue weighted by molar-refractivity contribution is 9.10. The Bertz CT molecular complexity index is 590. The molecule has 0 spiro atoms. The fourth-order valence-electron chi connectivity index (χ4n) is 1.41. The van der Waals surface area contributed by atoms with Crippen LogP contribution in [-0.2, 0) is 0 Å². The van der Waals surface area contributed by atoms with Gasteiger partial charge in [0.25, 0.3) is 0 Å². The zero-order valence-corrected chi connectivity index (χ0v) is 11.8. The van der Waals surface area contributed by atoms with E-state index in [4.69, 9.17) is 11.0 Å². The molecule has 2 rings (SSSR count). The molecular weight excluding hydrogens is 310 g/mol. The molecule has 18 heavy (non-hydrogen) atoms. The molecule has 3 nitrogen and oxygen atoms in total. The summed E-state index contributed by atoms with van der Waals surface area (Å²) in [6, 6.07) is 13.4. The summed E-state index contributed by atoms with van der Waals surface area (Å²) in [4.78, 5) is 2.05. The summed E-state index contributed by atoms with van der Waals surface area (Å²) in [6.45, 7) is 0. The zero-order valence-electron chi connectivity index (χ0n) is 9.35. The first-order valence-electron chi connectivity index (χ1n) is 5.17. The van der Waals surface area contributed by atoms with E-state index in [1.54, 1.807) is 11.8 Å². The fraction of sp³-hybridized carbons (Fsp3) is 0. The second kappa shape index (κ2) is 5.80. The molecule has 0 saturated carbocycles. The van der Waals surface area contributed by atoms with Crippen molar-refractivity contribution in [1.29, 1.82) is 5.26 Å². The first-order valence-corrected chi connectivity index (χ1v) is 6.78. The number of rotatable bonds is 3. The van der Waals surface area contributed by atoms with Gasteiger partial charge in [-0.3, -0.25) is 5.32 Å². The summed E-state index contributed by atoms with van der Waals surface area (Å²) < 4.78 is 0.976. The Morgan fingerprint density at radius 3 is 2.56 bits per heavy atom. The van der Waals surface area contributed by atoms with Gasteiger partial charge in [-0.2, -0.15) is 5.26 Å². The van der Waals surface area contributed by atoms with Crippen LogP contribution in [0.4, 0.5) is 11.4 Å². The Morgan fingerprint density at radius 1 is 1.17 bits per heavy atom. The monoisotopic (exact) mass is 319 g/mol. The van der Waals surface area contributed by atoms with E-state index in [0.29, 0.717) is 0 Å². The largest absolute Gasteiger partial charge is 0.399 e. The normalized spacial score (nSPS) is 9.78. The summed E-state index contributed by atoms with van der Waals surface area (Å²) in [6.07, 6.45) is 1.94. The third kappa shape index (κ3) is 3.19. The first kappa shape index (κ1) is 12.8. The molecule has 0 aromatic heterocycles. The lowest BCUT2D eigenvalue weighted by atomic mass is 10.3. The molecule has 2 aromatic carbocycles. The van der Waals surface area contributed by atoms with E-state index in [1.165, 1.54) is 0 Å². The Labute approximate surface area is 118 Å². The number of anilines is 2. The van der Waals surface area contributed by atoms with E-state index in [1.807, 2.05) is 48.7 Å². The van der Waals surface area contributed by atoms with E-state index in [-0.39, 0.29) is 0 Å². The number of hydrogen-bond donors (Lipinski definition) is 2. The average Bonchev–Trinajstić information content (AvgIpc) is 2.36. The lowest BCUT2D eigenvalue weighted by Gasteiger charge is -2.08. The number of nitrogens with one attached hydrogen (secondary N) is 1. The molecule has 0 bridgehead atoms. The van der Waals surface area contributed by atoms with Crippen molar-refractivity contribution in [2.24, 2.45) is 0 Å². The summed E-state index contributed by atoms with van der Waals surface area (Å²) in [5.41, 5.74) is 7.18. The molecule has 0 aliphatic carbocycles. The minimum Gasteiger partial charge on any atom is -0.399 e. The second-order valence-corrected chi connectivity index (χ2v) is 5.58. The quantitative estimate of drug-likeness (QED) is 0.508. The Morgan fingerprint density at radius 2 is 1.89 bits per heavy atom. The molecule has 0 aliphatic rings. The summed E-state index contributed by atoms with van der Waals surface area (Å²) in [7, 11) is 0. The summed E-state index contributed by atoms with van der Waals surface area (Å²) in [5.74, 6) is 0. The van der Waals surface area contributed by atoms with Gasteiger partial charge in [-0.25, -0.2) is 0 Å². The van der Waals surface area contributed by atoms with Crippen LogP contribution in [0.25, 0.3) is 0 Å². The van der Waals surface area contributed by atoms with Gasteiger partial charge >= 0.3 is 0 Å². The van der Waals surface area contributed by atoms with Gasteiger partial charge in [0.05, 0.1) is 5.69 Å². The van der Waals surface area contributed by atoms with E-state index in [9.17, 15) is 0 Å². The van der Waals surface area contributed by atoms with Crippen LogP contribution in [0, 0.1) is 11.5 Å². The maximum Gasteiger partial charge on any atom is 0.181 e. The molecule has 90 valence electrons. The highest BCUT2D eigenvalue weighted by Crippen LogP contribution is 2.35. The third-order valence-electron chi connectivity index (χ3n) is 2.24. The molecule has 5 heteroatoms. The Balaban J connectivity index is 2.30. The van der Waals surface area contributed by atoms with E-state index in [2.05, 4.69) is 21.2 Å². The third-order valence-corrected chi connectivity index (χ3v) is 3.80. The van der Waals surface area contributed by atoms with Gasteiger partial charge in [-0.05, 0) is 42.5 Å². The molecule has 2 aromatic rings. The summed E-state index contributed by atoms with van der Waals surface area (Å²) >= 11 is 5.01. The highest BCUT2D eigenvalue weighted by atomic mass is 79.9. The lowest BCUT2D eigenvalue weighted by Crippen LogP contribution is -1.90. The molecular formula is C13H10BrN3S. The van der Waals surface area contributed by atoms with Gasteiger partial charge in [0, 0.05) is 20.0 Å². The van der Waals surface area contributed by atoms with Crippen molar-refractivity contribution in [2.75, 3.05) is 11.1 Å². The Kier molecular flexibility index (Phi) is 4.13. The SMILES string of the molecule is N#CNc1ccc(Br)cc1Sc1ccc(N)cc1. The number of nitriles is 1. The van der Waals surface area contributed by atoms with Crippen molar-refractivity contribution >= 4 is 39.1 Å². The number of nitrogens with two attached hydrogens (primary N) is 1. The number of hydrogen-bond acceptors (Lipinski definition) is 4. The van der Waals surface area contributed by atoms with E-state index < -0.39 is 0 Å². The number of nitrogens with zero attached hydrogens (tertiary/aromatic N) is 1. The molecule has 0 unspecified atom stereocenters. The van der Waals surface area contributed by atoms with Crippen LogP contribution in [0.1, 0.15) is 0 Å². The topological polar surface area (TPSA) is 61.8 Å². The standard InChI is InChI=1S/C13H10BrN3S/c14-9-1-6-12(17-8-15)13(7-9)18-11-4-2-10(16)3-5-11/h1-7,17H,16H2. The molecule has 0 heterocycles. The van der Waals surface area contributed by atoms with Crippen LogP contribution in [0.15, 0.2) is 56.7 Å². The fourth-order valence-corrected chi connectivity index (χ4v) is 2.86. The molecule has 3 N–H and O–H groups in total. The maximum absolute atomic E-state index is 8.72. The second-order valence-electron chi connectivity index (χ2n) is 3.55. The van der Waals surface area contributed by atoms with Gasteiger partial charge in [0.15, 0.2) is 6.19 Å². The molecule has 0 amide bonds. The zero-order chi connectivity index (χ0) is 13.0.